The Labute approximate surface area is 178 Å². The van der Waals surface area contributed by atoms with Crippen molar-refractivity contribution >= 4 is 29.2 Å². The van der Waals surface area contributed by atoms with Crippen molar-refractivity contribution in [2.24, 2.45) is 5.73 Å². The summed E-state index contributed by atoms with van der Waals surface area (Å²) in [6.07, 6.45) is 2.48. The van der Waals surface area contributed by atoms with E-state index in [9.17, 15) is 14.4 Å². The summed E-state index contributed by atoms with van der Waals surface area (Å²) < 4.78 is 1.64. The number of nitrogens with zero attached hydrogens (tertiary/aromatic N) is 3. The quantitative estimate of drug-likeness (QED) is 0.678. The molecule has 0 radical (unpaired) electrons. The summed E-state index contributed by atoms with van der Waals surface area (Å²) in [5.41, 5.74) is 8.01. The lowest BCUT2D eigenvalue weighted by molar-refractivity contribution is -0.127. The summed E-state index contributed by atoms with van der Waals surface area (Å²) >= 11 is 0. The second-order valence-electron chi connectivity index (χ2n) is 7.84. The number of fused-ring (bicyclic) bond motifs is 4. The number of carbonyl (C=O) groups is 3. The molecule has 8 heteroatoms. The van der Waals surface area contributed by atoms with Gasteiger partial charge in [-0.2, -0.15) is 5.10 Å². The third kappa shape index (κ3) is 2.68. The second kappa shape index (κ2) is 6.80. The monoisotopic (exact) mass is 415 g/mol. The first-order valence-corrected chi connectivity index (χ1v) is 10.1. The molecule has 0 aliphatic carbocycles. The number of hydrogen-bond donors (Lipinski definition) is 2. The van der Waals surface area contributed by atoms with Crippen molar-refractivity contribution in [2.45, 2.75) is 25.2 Å². The molecule has 156 valence electrons. The number of nitrogens with two attached hydrogens (primary N) is 1. The van der Waals surface area contributed by atoms with E-state index in [1.165, 1.54) is 10.5 Å². The zero-order chi connectivity index (χ0) is 21.8. The molecule has 3 N–H and O–H groups in total. The van der Waals surface area contributed by atoms with Crippen LogP contribution in [0, 0.1) is 0 Å². The van der Waals surface area contributed by atoms with Crippen LogP contribution in [0.25, 0.3) is 5.69 Å². The van der Waals surface area contributed by atoms with Crippen LogP contribution < -0.4 is 16.0 Å². The zero-order valence-corrected chi connectivity index (χ0v) is 17.0. The summed E-state index contributed by atoms with van der Waals surface area (Å²) in [5.74, 6) is -0.787. The molecule has 1 atom stereocenters. The van der Waals surface area contributed by atoms with Crippen molar-refractivity contribution in [3.8, 4) is 5.69 Å². The van der Waals surface area contributed by atoms with Crippen LogP contribution in [0.15, 0.2) is 54.7 Å². The van der Waals surface area contributed by atoms with Gasteiger partial charge >= 0.3 is 0 Å². The zero-order valence-electron chi connectivity index (χ0n) is 17.0. The number of carbonyl (C=O) groups excluding carboxylic acids is 3. The van der Waals surface area contributed by atoms with Gasteiger partial charge in [0, 0.05) is 17.7 Å². The Morgan fingerprint density at radius 1 is 1.13 bits per heavy atom. The predicted molar refractivity (Wildman–Crippen MR) is 115 cm³/mol. The van der Waals surface area contributed by atoms with E-state index in [0.29, 0.717) is 22.6 Å². The van der Waals surface area contributed by atoms with Gasteiger partial charge in [-0.25, -0.2) is 4.68 Å². The van der Waals surface area contributed by atoms with Crippen LogP contribution in [-0.2, 0) is 26.2 Å². The standard InChI is InChI=1S/C23H21N5O3/c1-2-14-7-9-15(10-8-14)28-21-17(12-25-28)23(11-20(30)26-21)16-5-3-4-6-18(16)27(22(23)31)13-19(24)29/h3-10,12H,2,11,13H2,1H3,(H2,24,29)(H,26,30)/t23-/m1/s1. The summed E-state index contributed by atoms with van der Waals surface area (Å²) in [6.45, 7) is 1.83. The van der Waals surface area contributed by atoms with E-state index >= 15 is 0 Å². The number of nitrogens with one attached hydrogen (secondary N) is 1. The molecule has 2 aliphatic rings. The van der Waals surface area contributed by atoms with Crippen molar-refractivity contribution in [1.29, 1.82) is 0 Å². The molecule has 3 heterocycles. The molecule has 5 rings (SSSR count). The van der Waals surface area contributed by atoms with Crippen molar-refractivity contribution in [3.05, 3.63) is 71.4 Å². The first-order valence-electron chi connectivity index (χ1n) is 10.1. The number of para-hydroxylation sites is 1. The number of primary amides is 1. The Morgan fingerprint density at radius 3 is 2.58 bits per heavy atom. The highest BCUT2D eigenvalue weighted by atomic mass is 16.2. The number of hydrogen-bond acceptors (Lipinski definition) is 4. The van der Waals surface area contributed by atoms with Gasteiger partial charge in [0.1, 0.15) is 17.8 Å². The Balaban J connectivity index is 1.70. The molecule has 1 aromatic heterocycles. The van der Waals surface area contributed by atoms with Crippen molar-refractivity contribution in [1.82, 2.24) is 9.78 Å². The molecule has 2 aliphatic heterocycles. The SMILES string of the molecule is CCc1ccc(-n2ncc3c2NC(=O)C[C@]32C(=O)N(CC(N)=O)c3ccccc32)cc1. The van der Waals surface area contributed by atoms with E-state index in [1.54, 1.807) is 23.0 Å². The van der Waals surface area contributed by atoms with Gasteiger partial charge in [0.15, 0.2) is 0 Å². The lowest BCUT2D eigenvalue weighted by Crippen LogP contribution is -2.48. The summed E-state index contributed by atoms with van der Waals surface area (Å²) in [4.78, 5) is 39.6. The Bertz CT molecular complexity index is 1230. The molecule has 0 saturated heterocycles. The highest BCUT2D eigenvalue weighted by Crippen LogP contribution is 2.52. The Kier molecular flexibility index (Phi) is 4.18. The van der Waals surface area contributed by atoms with E-state index in [4.69, 9.17) is 5.73 Å². The van der Waals surface area contributed by atoms with E-state index < -0.39 is 11.3 Å². The number of benzene rings is 2. The van der Waals surface area contributed by atoms with Gasteiger partial charge in [-0.1, -0.05) is 37.3 Å². The molecule has 0 bridgehead atoms. The van der Waals surface area contributed by atoms with Crippen LogP contribution in [0.5, 0.6) is 0 Å². The number of anilines is 2. The fraction of sp³-hybridized carbons (Fsp3) is 0.217. The minimum absolute atomic E-state index is 0.0639. The number of amides is 3. The van der Waals surface area contributed by atoms with Crippen LogP contribution >= 0.6 is 0 Å². The van der Waals surface area contributed by atoms with E-state index in [0.717, 1.165) is 12.1 Å². The van der Waals surface area contributed by atoms with Gasteiger partial charge in [-0.15, -0.1) is 0 Å². The number of aromatic nitrogens is 2. The first-order chi connectivity index (χ1) is 15.0. The highest BCUT2D eigenvalue weighted by Gasteiger charge is 2.57. The molecule has 2 aromatic carbocycles. The van der Waals surface area contributed by atoms with Crippen molar-refractivity contribution < 1.29 is 14.4 Å². The highest BCUT2D eigenvalue weighted by molar-refractivity contribution is 6.17. The molecule has 0 unspecified atom stereocenters. The van der Waals surface area contributed by atoms with Crippen LogP contribution in [-0.4, -0.2) is 34.0 Å². The Hall–Kier alpha value is -3.94. The van der Waals surface area contributed by atoms with Gasteiger partial charge in [-0.05, 0) is 35.7 Å². The average Bonchev–Trinajstić information content (AvgIpc) is 3.28. The van der Waals surface area contributed by atoms with Gasteiger partial charge < -0.3 is 16.0 Å². The Morgan fingerprint density at radius 2 is 1.87 bits per heavy atom. The fourth-order valence-electron chi connectivity index (χ4n) is 4.63. The van der Waals surface area contributed by atoms with Crippen LogP contribution in [0.3, 0.4) is 0 Å². The molecular weight excluding hydrogens is 394 g/mol. The third-order valence-electron chi connectivity index (χ3n) is 6.08. The van der Waals surface area contributed by atoms with Crippen LogP contribution in [0.2, 0.25) is 0 Å². The molecule has 1 spiro atoms. The molecule has 3 aromatic rings. The summed E-state index contributed by atoms with van der Waals surface area (Å²) in [5, 5.41) is 7.40. The predicted octanol–water partition coefficient (Wildman–Crippen LogP) is 1.89. The second-order valence-corrected chi connectivity index (χ2v) is 7.84. The maximum Gasteiger partial charge on any atom is 0.243 e. The number of rotatable bonds is 4. The molecule has 31 heavy (non-hydrogen) atoms. The molecule has 8 nitrogen and oxygen atoms in total. The van der Waals surface area contributed by atoms with Crippen molar-refractivity contribution in [3.63, 3.8) is 0 Å². The largest absolute Gasteiger partial charge is 0.368 e. The van der Waals surface area contributed by atoms with Gasteiger partial charge in [0.05, 0.1) is 11.9 Å². The molecule has 3 amide bonds. The fourth-order valence-corrected chi connectivity index (χ4v) is 4.63. The minimum Gasteiger partial charge on any atom is -0.368 e. The topological polar surface area (TPSA) is 110 Å². The first kappa shape index (κ1) is 19.0. The molecular formula is C23H21N5O3. The molecule has 0 saturated carbocycles. The van der Waals surface area contributed by atoms with Gasteiger partial charge in [0.2, 0.25) is 17.7 Å². The van der Waals surface area contributed by atoms with Crippen LogP contribution in [0.1, 0.15) is 30.0 Å². The van der Waals surface area contributed by atoms with E-state index in [2.05, 4.69) is 17.3 Å². The number of aryl methyl sites for hydroxylation is 1. The van der Waals surface area contributed by atoms with E-state index in [-0.39, 0.29) is 24.8 Å². The maximum absolute atomic E-state index is 13.7. The average molecular weight is 415 g/mol. The lowest BCUT2D eigenvalue weighted by atomic mass is 9.72. The van der Waals surface area contributed by atoms with Crippen LogP contribution in [0.4, 0.5) is 11.5 Å². The third-order valence-corrected chi connectivity index (χ3v) is 6.08. The smallest absolute Gasteiger partial charge is 0.243 e. The van der Waals surface area contributed by atoms with E-state index in [1.807, 2.05) is 36.4 Å². The lowest BCUT2D eigenvalue weighted by Gasteiger charge is -2.32. The van der Waals surface area contributed by atoms with Crippen molar-refractivity contribution in [2.75, 3.05) is 16.8 Å². The normalized spacial score (nSPS) is 19.3. The minimum atomic E-state index is -1.24. The summed E-state index contributed by atoms with van der Waals surface area (Å²) in [7, 11) is 0. The maximum atomic E-state index is 13.7. The summed E-state index contributed by atoms with van der Waals surface area (Å²) in [6, 6.07) is 15.1. The van der Waals surface area contributed by atoms with Gasteiger partial charge in [-0.3, -0.25) is 14.4 Å². The molecule has 0 fully saturated rings. The van der Waals surface area contributed by atoms with Gasteiger partial charge in [0.25, 0.3) is 0 Å².